The molecule has 0 aliphatic carbocycles. The predicted molar refractivity (Wildman–Crippen MR) is 35.0 cm³/mol. The Balaban J connectivity index is 0. The van der Waals surface area contributed by atoms with E-state index in [4.69, 9.17) is 0 Å². The van der Waals surface area contributed by atoms with Gasteiger partial charge in [-0.05, 0) is 0 Å². The zero-order valence-electron chi connectivity index (χ0n) is 4.68. The van der Waals surface area contributed by atoms with Gasteiger partial charge in [-0.3, -0.25) is 4.79 Å². The smallest absolute Gasteiger partial charge is 0.412 e. The maximum absolute atomic E-state index is 11.3. The maximum Gasteiger partial charge on any atom is 0.454 e. The van der Waals surface area contributed by atoms with Crippen molar-refractivity contribution in [2.45, 2.75) is 9.97 Å². The van der Waals surface area contributed by atoms with Gasteiger partial charge in [-0.2, -0.15) is 13.2 Å². The van der Waals surface area contributed by atoms with Gasteiger partial charge in [-0.25, -0.2) is 0 Å². The van der Waals surface area contributed by atoms with Crippen molar-refractivity contribution >= 4 is 40.6 Å². The molecular formula is C3H2Cl3F3O2. The van der Waals surface area contributed by atoms with Crippen LogP contribution < -0.4 is 0 Å². The van der Waals surface area contributed by atoms with Crippen LogP contribution >= 0.6 is 34.8 Å². The Hall–Kier alpha value is 0.290. The lowest BCUT2D eigenvalue weighted by molar-refractivity contribution is -0.169. The van der Waals surface area contributed by atoms with Gasteiger partial charge in [0.1, 0.15) is 0 Å². The second kappa shape index (κ2) is 3.80. The van der Waals surface area contributed by atoms with Crippen molar-refractivity contribution in [2.24, 2.45) is 0 Å². The molecule has 11 heavy (non-hydrogen) atoms. The molecule has 0 heterocycles. The summed E-state index contributed by atoms with van der Waals surface area (Å²) in [6, 6.07) is 0. The third-order valence-electron chi connectivity index (χ3n) is 0.515. The topological polar surface area (TPSA) is 48.6 Å². The fourth-order valence-corrected chi connectivity index (χ4v) is 0.482. The second-order valence-corrected chi connectivity index (χ2v) is 3.61. The minimum absolute atomic E-state index is 0. The maximum atomic E-state index is 11.3. The van der Waals surface area contributed by atoms with E-state index >= 15 is 0 Å². The highest BCUT2D eigenvalue weighted by molar-refractivity contribution is 6.76. The van der Waals surface area contributed by atoms with Crippen LogP contribution in [0.25, 0.3) is 0 Å². The zero-order valence-corrected chi connectivity index (χ0v) is 6.94. The van der Waals surface area contributed by atoms with Crippen LogP contribution in [-0.4, -0.2) is 21.2 Å². The number of alkyl halides is 6. The quantitative estimate of drug-likeness (QED) is 0.587. The summed E-state index contributed by atoms with van der Waals surface area (Å²) < 4.78 is 31.1. The first-order valence-electron chi connectivity index (χ1n) is 1.84. The van der Waals surface area contributed by atoms with Gasteiger partial charge in [0.25, 0.3) is 9.58 Å². The summed E-state index contributed by atoms with van der Waals surface area (Å²) in [5.41, 5.74) is 0. The minimum Gasteiger partial charge on any atom is -0.412 e. The molecule has 0 unspecified atom stereocenters. The Morgan fingerprint density at radius 2 is 1.36 bits per heavy atom. The van der Waals surface area contributed by atoms with Crippen molar-refractivity contribution in [2.75, 3.05) is 0 Å². The summed E-state index contributed by atoms with van der Waals surface area (Å²) in [6.07, 6.45) is -5.09. The van der Waals surface area contributed by atoms with Crippen molar-refractivity contribution in [3.63, 3.8) is 0 Å². The van der Waals surface area contributed by atoms with Crippen LogP contribution in [0.4, 0.5) is 13.2 Å². The minimum atomic E-state index is -5.09. The Kier molecular flexibility index (Phi) is 4.78. The SMILES string of the molecule is O.O=C(C(F)(F)F)C(Cl)(Cl)Cl. The lowest BCUT2D eigenvalue weighted by Crippen LogP contribution is -2.34. The lowest BCUT2D eigenvalue weighted by atomic mass is 10.4. The van der Waals surface area contributed by atoms with E-state index in [9.17, 15) is 18.0 Å². The highest BCUT2D eigenvalue weighted by atomic mass is 35.6. The molecule has 68 valence electrons. The molecule has 0 radical (unpaired) electrons. The normalized spacial score (nSPS) is 12.2. The van der Waals surface area contributed by atoms with E-state index in [0.717, 1.165) is 0 Å². The third kappa shape index (κ3) is 4.68. The Bertz CT molecular complexity index is 133. The Labute approximate surface area is 74.5 Å². The molecule has 0 aromatic heterocycles. The summed E-state index contributed by atoms with van der Waals surface area (Å²) in [5, 5.41) is 0. The van der Waals surface area contributed by atoms with Crippen LogP contribution in [0.3, 0.4) is 0 Å². The molecule has 2 N–H and O–H groups in total. The summed E-state index contributed by atoms with van der Waals surface area (Å²) in [6.45, 7) is 0. The largest absolute Gasteiger partial charge is 0.454 e. The van der Waals surface area contributed by atoms with Crippen LogP contribution in [0, 0.1) is 0 Å². The zero-order chi connectivity index (χ0) is 8.58. The number of rotatable bonds is 0. The first kappa shape index (κ1) is 13.9. The standard InChI is InChI=1S/C3Cl3F3O.H2O/c4-2(5,6)1(10)3(7,8)9;/h;1H2. The van der Waals surface area contributed by atoms with E-state index < -0.39 is 15.8 Å². The van der Waals surface area contributed by atoms with Crippen LogP contribution in [-0.2, 0) is 4.79 Å². The van der Waals surface area contributed by atoms with E-state index in [1.807, 2.05) is 0 Å². The van der Waals surface area contributed by atoms with Gasteiger partial charge in [0.2, 0.25) is 0 Å². The van der Waals surface area contributed by atoms with E-state index in [0.29, 0.717) is 0 Å². The molecule has 8 heteroatoms. The van der Waals surface area contributed by atoms with Gasteiger partial charge in [-0.15, -0.1) is 0 Å². The summed E-state index contributed by atoms with van der Waals surface area (Å²) >= 11 is 13.9. The van der Waals surface area contributed by atoms with Crippen LogP contribution in [0.2, 0.25) is 0 Å². The van der Waals surface area contributed by atoms with E-state index in [-0.39, 0.29) is 5.48 Å². The molecular weight excluding hydrogens is 231 g/mol. The number of hydrogen-bond donors (Lipinski definition) is 0. The summed E-state index contributed by atoms with van der Waals surface area (Å²) in [4.78, 5) is 9.97. The molecule has 0 aliphatic heterocycles. The average Bonchev–Trinajstić information content (AvgIpc) is 1.59. The van der Waals surface area contributed by atoms with Gasteiger partial charge in [0.05, 0.1) is 0 Å². The van der Waals surface area contributed by atoms with Gasteiger partial charge in [0.15, 0.2) is 0 Å². The molecule has 0 saturated heterocycles. The fraction of sp³-hybridized carbons (Fsp3) is 0.667. The van der Waals surface area contributed by atoms with Crippen molar-refractivity contribution in [3.8, 4) is 0 Å². The lowest BCUT2D eigenvalue weighted by Gasteiger charge is -2.10. The van der Waals surface area contributed by atoms with Gasteiger partial charge in [0, 0.05) is 0 Å². The monoisotopic (exact) mass is 232 g/mol. The van der Waals surface area contributed by atoms with E-state index in [1.54, 1.807) is 0 Å². The molecule has 0 aliphatic rings. The van der Waals surface area contributed by atoms with Crippen LogP contribution in [0.15, 0.2) is 0 Å². The number of hydrogen-bond acceptors (Lipinski definition) is 1. The van der Waals surface area contributed by atoms with Crippen LogP contribution in [0.5, 0.6) is 0 Å². The number of halogens is 6. The Morgan fingerprint density at radius 1 is 1.09 bits per heavy atom. The number of carbonyl (C=O) groups excluding carboxylic acids is 1. The molecule has 0 fully saturated rings. The number of ketones is 1. The van der Waals surface area contributed by atoms with Crippen molar-refractivity contribution in [1.29, 1.82) is 0 Å². The van der Waals surface area contributed by atoms with Crippen molar-refractivity contribution in [1.82, 2.24) is 0 Å². The molecule has 0 rings (SSSR count). The number of Topliss-reactive ketones (excluding diaryl/α,β-unsaturated/α-hetero) is 1. The molecule has 0 spiro atoms. The highest BCUT2D eigenvalue weighted by Gasteiger charge is 2.50. The fourth-order valence-electron chi connectivity index (χ4n) is 0.161. The van der Waals surface area contributed by atoms with Crippen molar-refractivity contribution < 1.29 is 23.4 Å². The molecule has 2 nitrogen and oxygen atoms in total. The second-order valence-electron chi connectivity index (χ2n) is 1.32. The predicted octanol–water partition coefficient (Wildman–Crippen LogP) is 1.66. The summed E-state index contributed by atoms with van der Waals surface area (Å²) in [7, 11) is 0. The third-order valence-corrected chi connectivity index (χ3v) is 1.03. The summed E-state index contributed by atoms with van der Waals surface area (Å²) in [5.74, 6) is -2.38. The van der Waals surface area contributed by atoms with E-state index in [1.165, 1.54) is 0 Å². The highest BCUT2D eigenvalue weighted by Crippen LogP contribution is 2.34. The molecule has 0 aromatic carbocycles. The average molecular weight is 233 g/mol. The van der Waals surface area contributed by atoms with Gasteiger partial charge in [-0.1, -0.05) is 34.8 Å². The first-order valence-corrected chi connectivity index (χ1v) is 2.97. The van der Waals surface area contributed by atoms with Gasteiger partial charge >= 0.3 is 6.18 Å². The molecule has 0 bridgehead atoms. The molecule has 0 atom stereocenters. The first-order chi connectivity index (χ1) is 4.15. The van der Waals surface area contributed by atoms with Gasteiger partial charge < -0.3 is 5.48 Å². The van der Waals surface area contributed by atoms with Crippen molar-refractivity contribution in [3.05, 3.63) is 0 Å². The number of carbonyl (C=O) groups is 1. The molecule has 0 saturated carbocycles. The molecule has 0 amide bonds. The molecule has 0 aromatic rings. The Morgan fingerprint density at radius 3 is 1.36 bits per heavy atom. The van der Waals surface area contributed by atoms with E-state index in [2.05, 4.69) is 34.8 Å². The van der Waals surface area contributed by atoms with Crippen LogP contribution in [0.1, 0.15) is 0 Å².